The fourth-order valence-electron chi connectivity index (χ4n) is 2.28. The van der Waals surface area contributed by atoms with Gasteiger partial charge in [0.25, 0.3) is 0 Å². The van der Waals surface area contributed by atoms with Gasteiger partial charge in [0, 0.05) is 20.2 Å². The van der Waals surface area contributed by atoms with Crippen LogP contribution in [-0.2, 0) is 9.47 Å². The average molecular weight is 245 g/mol. The largest absolute Gasteiger partial charge is 0.389 e. The zero-order chi connectivity index (χ0) is 12.5. The maximum atomic E-state index is 9.72. The van der Waals surface area contributed by atoms with Crippen molar-refractivity contribution >= 4 is 0 Å². The molecular formula is C13H27NO3. The van der Waals surface area contributed by atoms with Crippen molar-refractivity contribution in [2.45, 2.75) is 44.8 Å². The maximum absolute atomic E-state index is 9.72. The first kappa shape index (κ1) is 14.9. The molecule has 2 N–H and O–H groups in total. The Morgan fingerprint density at radius 2 is 2.24 bits per heavy atom. The smallest absolute Gasteiger partial charge is 0.0897 e. The van der Waals surface area contributed by atoms with Crippen molar-refractivity contribution in [1.29, 1.82) is 0 Å². The van der Waals surface area contributed by atoms with Gasteiger partial charge >= 0.3 is 0 Å². The predicted molar refractivity (Wildman–Crippen MR) is 68.1 cm³/mol. The summed E-state index contributed by atoms with van der Waals surface area (Å²) in [5, 5.41) is 12.8. The zero-order valence-corrected chi connectivity index (χ0v) is 11.2. The third-order valence-corrected chi connectivity index (χ3v) is 3.28. The summed E-state index contributed by atoms with van der Waals surface area (Å²) in [6, 6.07) is 0. The zero-order valence-electron chi connectivity index (χ0n) is 11.2. The van der Waals surface area contributed by atoms with Gasteiger partial charge in [-0.25, -0.2) is 0 Å². The Hall–Kier alpha value is -0.160. The first-order valence-electron chi connectivity index (χ1n) is 6.71. The van der Waals surface area contributed by atoms with Crippen LogP contribution in [0.4, 0.5) is 0 Å². The number of methoxy groups -OCH3 is 1. The number of aliphatic hydroxyl groups is 1. The molecule has 102 valence electrons. The van der Waals surface area contributed by atoms with Crippen molar-refractivity contribution in [3.8, 4) is 0 Å². The molecule has 1 aliphatic rings. The van der Waals surface area contributed by atoms with Gasteiger partial charge in [0.1, 0.15) is 0 Å². The summed E-state index contributed by atoms with van der Waals surface area (Å²) in [5.41, 5.74) is 0. The van der Waals surface area contributed by atoms with Crippen LogP contribution >= 0.6 is 0 Å². The molecule has 17 heavy (non-hydrogen) atoms. The van der Waals surface area contributed by atoms with Crippen LogP contribution in [0.2, 0.25) is 0 Å². The second kappa shape index (κ2) is 8.86. The van der Waals surface area contributed by atoms with Crippen LogP contribution in [0.1, 0.15) is 32.6 Å². The van der Waals surface area contributed by atoms with E-state index in [0.717, 1.165) is 25.3 Å². The quantitative estimate of drug-likeness (QED) is 0.631. The molecule has 0 aromatic rings. The lowest BCUT2D eigenvalue weighted by atomic mass is 9.89. The van der Waals surface area contributed by atoms with E-state index in [1.54, 1.807) is 7.11 Å². The molecule has 1 aliphatic carbocycles. The Balaban J connectivity index is 2.00. The molecule has 0 bridgehead atoms. The van der Waals surface area contributed by atoms with E-state index in [2.05, 4.69) is 12.2 Å². The van der Waals surface area contributed by atoms with Crippen molar-refractivity contribution in [2.75, 3.05) is 33.4 Å². The van der Waals surface area contributed by atoms with E-state index in [-0.39, 0.29) is 0 Å². The Morgan fingerprint density at radius 3 is 2.94 bits per heavy atom. The molecule has 4 heteroatoms. The molecule has 0 unspecified atom stereocenters. The summed E-state index contributed by atoms with van der Waals surface area (Å²) in [4.78, 5) is 0. The molecule has 0 aromatic carbocycles. The molecule has 0 amide bonds. The minimum Gasteiger partial charge on any atom is -0.389 e. The molecule has 3 atom stereocenters. The SMILES string of the molecule is COCCNC[C@H](O)CO[C@@H]1CCC[C@@H](C)C1. The van der Waals surface area contributed by atoms with E-state index in [0.29, 0.717) is 25.9 Å². The van der Waals surface area contributed by atoms with Gasteiger partial charge in [0.05, 0.1) is 25.4 Å². The standard InChI is InChI=1S/C13H27NO3/c1-11-4-3-5-13(8-11)17-10-12(15)9-14-6-7-16-2/h11-15H,3-10H2,1-2H3/t11-,12+,13-/m1/s1. The van der Waals surface area contributed by atoms with Crippen LogP contribution in [0.15, 0.2) is 0 Å². The highest BCUT2D eigenvalue weighted by atomic mass is 16.5. The summed E-state index contributed by atoms with van der Waals surface area (Å²) in [6.07, 6.45) is 4.81. The van der Waals surface area contributed by atoms with Gasteiger partial charge in [-0.15, -0.1) is 0 Å². The van der Waals surface area contributed by atoms with Crippen LogP contribution in [0, 0.1) is 5.92 Å². The molecule has 0 saturated heterocycles. The van der Waals surface area contributed by atoms with Crippen molar-refractivity contribution in [2.24, 2.45) is 5.92 Å². The van der Waals surface area contributed by atoms with Gasteiger partial charge in [-0.2, -0.15) is 0 Å². The van der Waals surface area contributed by atoms with Crippen LogP contribution in [-0.4, -0.2) is 50.7 Å². The molecular weight excluding hydrogens is 218 g/mol. The Kier molecular flexibility index (Phi) is 7.77. The molecule has 0 radical (unpaired) electrons. The second-order valence-corrected chi connectivity index (χ2v) is 5.08. The van der Waals surface area contributed by atoms with E-state index in [4.69, 9.17) is 9.47 Å². The summed E-state index contributed by atoms with van der Waals surface area (Å²) in [7, 11) is 1.67. The number of rotatable bonds is 8. The number of hydrogen-bond acceptors (Lipinski definition) is 4. The van der Waals surface area contributed by atoms with Crippen molar-refractivity contribution in [1.82, 2.24) is 5.32 Å². The highest BCUT2D eigenvalue weighted by Gasteiger charge is 2.20. The first-order chi connectivity index (χ1) is 8.22. The summed E-state index contributed by atoms with van der Waals surface area (Å²) in [6.45, 7) is 4.74. The van der Waals surface area contributed by atoms with Crippen LogP contribution in [0.3, 0.4) is 0 Å². The molecule has 0 spiro atoms. The topological polar surface area (TPSA) is 50.7 Å². The third kappa shape index (κ3) is 6.99. The van der Waals surface area contributed by atoms with E-state index < -0.39 is 6.10 Å². The monoisotopic (exact) mass is 245 g/mol. The predicted octanol–water partition coefficient (Wildman–Crippen LogP) is 1.18. The van der Waals surface area contributed by atoms with Crippen LogP contribution in [0.5, 0.6) is 0 Å². The highest BCUT2D eigenvalue weighted by molar-refractivity contribution is 4.71. The fraction of sp³-hybridized carbons (Fsp3) is 1.00. The Labute approximate surface area is 105 Å². The van der Waals surface area contributed by atoms with Crippen molar-refractivity contribution in [3.63, 3.8) is 0 Å². The van der Waals surface area contributed by atoms with Crippen LogP contribution in [0.25, 0.3) is 0 Å². The Morgan fingerprint density at radius 1 is 1.41 bits per heavy atom. The van der Waals surface area contributed by atoms with E-state index in [1.807, 2.05) is 0 Å². The van der Waals surface area contributed by atoms with Crippen molar-refractivity contribution in [3.05, 3.63) is 0 Å². The van der Waals surface area contributed by atoms with Gasteiger partial charge in [0.15, 0.2) is 0 Å². The lowest BCUT2D eigenvalue weighted by Crippen LogP contribution is -2.34. The Bertz CT molecular complexity index is 190. The molecule has 1 rings (SSSR count). The minimum absolute atomic E-state index is 0.354. The molecule has 1 saturated carbocycles. The number of aliphatic hydroxyl groups excluding tert-OH is 1. The first-order valence-corrected chi connectivity index (χ1v) is 6.71. The molecule has 0 aliphatic heterocycles. The summed E-state index contributed by atoms with van der Waals surface area (Å²) >= 11 is 0. The highest BCUT2D eigenvalue weighted by Crippen LogP contribution is 2.25. The molecule has 1 fully saturated rings. The fourth-order valence-corrected chi connectivity index (χ4v) is 2.28. The molecule has 4 nitrogen and oxygen atoms in total. The van der Waals surface area contributed by atoms with Gasteiger partial charge in [0.2, 0.25) is 0 Å². The normalized spacial score (nSPS) is 27.0. The van der Waals surface area contributed by atoms with Crippen LogP contribution < -0.4 is 5.32 Å². The molecule has 0 heterocycles. The van der Waals surface area contributed by atoms with Gasteiger partial charge in [-0.3, -0.25) is 0 Å². The minimum atomic E-state index is -0.413. The number of ether oxygens (including phenoxy) is 2. The summed E-state index contributed by atoms with van der Waals surface area (Å²) in [5.74, 6) is 0.769. The van der Waals surface area contributed by atoms with E-state index in [1.165, 1.54) is 12.8 Å². The second-order valence-electron chi connectivity index (χ2n) is 5.08. The van der Waals surface area contributed by atoms with Crippen molar-refractivity contribution < 1.29 is 14.6 Å². The van der Waals surface area contributed by atoms with E-state index in [9.17, 15) is 5.11 Å². The van der Waals surface area contributed by atoms with E-state index >= 15 is 0 Å². The number of nitrogens with one attached hydrogen (secondary N) is 1. The van der Waals surface area contributed by atoms with Gasteiger partial charge < -0.3 is 19.9 Å². The molecule has 0 aromatic heterocycles. The lowest BCUT2D eigenvalue weighted by molar-refractivity contribution is -0.0307. The summed E-state index contributed by atoms with van der Waals surface area (Å²) < 4.78 is 10.7. The van der Waals surface area contributed by atoms with Gasteiger partial charge in [-0.1, -0.05) is 19.8 Å². The average Bonchev–Trinajstić information content (AvgIpc) is 2.32. The number of hydrogen-bond donors (Lipinski definition) is 2. The van der Waals surface area contributed by atoms with Gasteiger partial charge in [-0.05, 0) is 18.8 Å². The lowest BCUT2D eigenvalue weighted by Gasteiger charge is -2.27. The maximum Gasteiger partial charge on any atom is 0.0897 e. The third-order valence-electron chi connectivity index (χ3n) is 3.28.